The van der Waals surface area contributed by atoms with E-state index < -0.39 is 150 Å². The number of nitrogens with one attached hydrogen (secondary N) is 4. The van der Waals surface area contributed by atoms with Crippen molar-refractivity contribution in [2.24, 2.45) is 41.4 Å². The summed E-state index contributed by atoms with van der Waals surface area (Å²) in [6, 6.07) is -11.7. The van der Waals surface area contributed by atoms with Crippen molar-refractivity contribution >= 4 is 59.1 Å². The van der Waals surface area contributed by atoms with E-state index in [2.05, 4.69) is 21.3 Å². The molecule has 0 spiro atoms. The summed E-state index contributed by atoms with van der Waals surface area (Å²) >= 11 is 0. The van der Waals surface area contributed by atoms with E-state index in [4.69, 9.17) is 0 Å². The Morgan fingerprint density at radius 3 is 1.36 bits per heavy atom. The van der Waals surface area contributed by atoms with Gasteiger partial charge in [-0.2, -0.15) is 0 Å². The average molecular weight is 1200 g/mol. The van der Waals surface area contributed by atoms with Crippen LogP contribution in [-0.4, -0.2) is 227 Å². The van der Waals surface area contributed by atoms with Gasteiger partial charge in [-0.05, 0) is 108 Å². The Morgan fingerprint density at radius 2 is 0.918 bits per heavy atom. The van der Waals surface area contributed by atoms with Gasteiger partial charge < -0.3 is 60.7 Å². The molecule has 5 N–H and O–H groups in total. The van der Waals surface area contributed by atoms with Crippen molar-refractivity contribution in [1.29, 1.82) is 0 Å². The van der Waals surface area contributed by atoms with Crippen LogP contribution in [0.2, 0.25) is 0 Å². The minimum Gasteiger partial charge on any atom is -0.391 e. The maximum Gasteiger partial charge on any atom is 0.245 e. The molecule has 1 unspecified atom stereocenters. The summed E-state index contributed by atoms with van der Waals surface area (Å²) in [6.07, 6.45) is 4.11. The summed E-state index contributed by atoms with van der Waals surface area (Å²) < 4.78 is 0. The monoisotopic (exact) mass is 1200 g/mol. The minimum absolute atomic E-state index is 0.0989. The van der Waals surface area contributed by atoms with Crippen molar-refractivity contribution in [1.82, 2.24) is 55.6 Å². The lowest BCUT2D eigenvalue weighted by Crippen LogP contribution is -2.64. The quantitative estimate of drug-likeness (QED) is 0.145. The Bertz CT molecular complexity index is 2270. The maximum absolute atomic E-state index is 15.3. The van der Waals surface area contributed by atoms with Gasteiger partial charge in [0.05, 0.1) is 24.7 Å². The molecular weight excluding hydrogens is 1090 g/mol. The molecule has 0 aromatic carbocycles. The molecule has 0 aromatic rings. The molecule has 0 aromatic heterocycles. The minimum atomic E-state index is -1.21. The van der Waals surface area contributed by atoms with E-state index in [1.165, 1.54) is 90.4 Å². The van der Waals surface area contributed by atoms with Crippen LogP contribution in [0.15, 0.2) is 12.2 Å². The van der Waals surface area contributed by atoms with Crippen LogP contribution in [-0.2, 0) is 47.9 Å². The largest absolute Gasteiger partial charge is 0.391 e. The predicted molar refractivity (Wildman–Crippen MR) is 333 cm³/mol. The number of amides is 10. The molecule has 13 atom stereocenters. The number of nitrogens with zero attached hydrogens (tertiary/aromatic N) is 7. The average Bonchev–Trinajstić information content (AvgIpc) is 3.62. The number of rotatable bonds is 15. The van der Waals surface area contributed by atoms with Crippen LogP contribution in [0, 0.1) is 41.4 Å². The lowest BCUT2D eigenvalue weighted by atomic mass is 9.88. The Balaban J connectivity index is 4.32. The fourth-order valence-corrected chi connectivity index (χ4v) is 11.2. The predicted octanol–water partition coefficient (Wildman–Crippen LogP) is 4.13. The van der Waals surface area contributed by atoms with Gasteiger partial charge in [-0.15, -0.1) is 0 Å². The second-order valence-electron chi connectivity index (χ2n) is 26.6. The lowest BCUT2D eigenvalue weighted by molar-refractivity contribution is -0.156. The van der Waals surface area contributed by atoms with Crippen molar-refractivity contribution in [3.63, 3.8) is 0 Å². The summed E-state index contributed by atoms with van der Waals surface area (Å²) in [6.45, 7) is 32.1. The first-order valence-electron chi connectivity index (χ1n) is 31.0. The van der Waals surface area contributed by atoms with Gasteiger partial charge in [0.15, 0.2) is 0 Å². The van der Waals surface area contributed by atoms with E-state index in [9.17, 15) is 43.5 Å². The first-order chi connectivity index (χ1) is 39.2. The highest BCUT2D eigenvalue weighted by atomic mass is 16.3. The second-order valence-corrected chi connectivity index (χ2v) is 26.6. The van der Waals surface area contributed by atoms with E-state index in [1.807, 2.05) is 95.2 Å². The van der Waals surface area contributed by atoms with Crippen molar-refractivity contribution in [2.75, 3.05) is 55.9 Å². The van der Waals surface area contributed by atoms with Crippen LogP contribution in [0.1, 0.15) is 163 Å². The Kier molecular flexibility index (Phi) is 32.1. The highest BCUT2D eigenvalue weighted by molar-refractivity contribution is 5.98. The Labute approximate surface area is 511 Å². The molecule has 85 heavy (non-hydrogen) atoms. The number of carbonyl (C=O) groups excluding carboxylic acids is 10. The zero-order chi connectivity index (χ0) is 66.0. The molecule has 22 nitrogen and oxygen atoms in total. The van der Waals surface area contributed by atoms with E-state index >= 15 is 9.59 Å². The molecule has 1 heterocycles. The van der Waals surface area contributed by atoms with Gasteiger partial charge in [0.25, 0.3) is 0 Å². The molecule has 1 rings (SSSR count). The van der Waals surface area contributed by atoms with Gasteiger partial charge in [-0.25, -0.2) is 0 Å². The normalized spacial score (nSPS) is 27.9. The molecule has 1 saturated heterocycles. The summed E-state index contributed by atoms with van der Waals surface area (Å²) in [7, 11) is 10.5. The summed E-state index contributed by atoms with van der Waals surface area (Å²) in [4.78, 5) is 155. The third-order valence-electron chi connectivity index (χ3n) is 16.5. The number of aliphatic hydroxyl groups excluding tert-OH is 1. The third-order valence-corrected chi connectivity index (χ3v) is 16.5. The van der Waals surface area contributed by atoms with Gasteiger partial charge in [-0.3, -0.25) is 47.9 Å². The highest BCUT2D eigenvalue weighted by Crippen LogP contribution is 2.26. The number of aliphatic hydroxyl groups is 1. The zero-order valence-electron chi connectivity index (χ0n) is 56.7. The molecule has 0 aliphatic carbocycles. The van der Waals surface area contributed by atoms with Gasteiger partial charge in [0.1, 0.15) is 48.3 Å². The molecule has 1 fully saturated rings. The summed E-state index contributed by atoms with van der Waals surface area (Å²) in [5.41, 5.74) is 0. The van der Waals surface area contributed by atoms with E-state index in [1.54, 1.807) is 34.7 Å². The maximum atomic E-state index is 15.3. The summed E-state index contributed by atoms with van der Waals surface area (Å²) in [5.74, 6) is -7.55. The number of carbonyl (C=O) groups is 10. The van der Waals surface area contributed by atoms with Crippen molar-refractivity contribution < 1.29 is 53.1 Å². The van der Waals surface area contributed by atoms with E-state index in [0.29, 0.717) is 6.42 Å². The standard InChI is InChI=1S/C63H115N11O11/c1-26-28-29-41(15)54(76)53-42(16)64-45(27-2)59(81)68(19)34-50(75)69(20)46(30-35(3)4)57(79)67-51(39(11)12)62(84)70(21)47(31-36(5)6)56(78)65-43(17)55(77)66-44(18)58(80)71(22)48(32-37(7)8)60(82)72(23)49(33-38(9)10)61(83)73(24)52(40(13)14)63(85)74(53)25/h26,28,35-49,51-54,64,76H,27,29-34H2,1-25H3,(H,65,78)(H,66,77)(H,67,79)/t41-,42?,43+,44-,45+,46+,47+,48+,49+,51+,52+,53-,54-/m1/s1. The topological polar surface area (TPSA) is 262 Å². The fourth-order valence-electron chi connectivity index (χ4n) is 11.2. The second kappa shape index (κ2) is 35.2. The van der Waals surface area contributed by atoms with Gasteiger partial charge in [-0.1, -0.05) is 109 Å². The van der Waals surface area contributed by atoms with Crippen molar-refractivity contribution in [3.05, 3.63) is 12.2 Å². The number of likely N-dealkylation sites (N-methyl/N-ethyl adjacent to an activating group) is 7. The number of allylic oxidation sites excluding steroid dienone is 2. The highest BCUT2D eigenvalue weighted by Gasteiger charge is 2.45. The van der Waals surface area contributed by atoms with Crippen LogP contribution < -0.4 is 21.3 Å². The van der Waals surface area contributed by atoms with Crippen LogP contribution in [0.3, 0.4) is 0 Å². The van der Waals surface area contributed by atoms with E-state index in [-0.39, 0.29) is 61.7 Å². The lowest BCUT2D eigenvalue weighted by Gasteiger charge is -2.44. The molecule has 0 bridgehead atoms. The third kappa shape index (κ3) is 21.9. The molecular formula is C63H115N11O11. The van der Waals surface area contributed by atoms with E-state index in [0.717, 1.165) is 0 Å². The smallest absolute Gasteiger partial charge is 0.245 e. The van der Waals surface area contributed by atoms with Crippen LogP contribution >= 0.6 is 0 Å². The molecule has 22 heteroatoms. The Hall–Kier alpha value is -5.64. The molecule has 10 amide bonds. The fraction of sp³-hybridized carbons (Fsp3) is 0.810. The van der Waals surface area contributed by atoms with Gasteiger partial charge >= 0.3 is 0 Å². The van der Waals surface area contributed by atoms with Gasteiger partial charge in [0, 0.05) is 55.4 Å². The number of hydrogen-bond acceptors (Lipinski definition) is 12. The van der Waals surface area contributed by atoms with Gasteiger partial charge in [0.2, 0.25) is 59.1 Å². The van der Waals surface area contributed by atoms with Crippen LogP contribution in [0.5, 0.6) is 0 Å². The van der Waals surface area contributed by atoms with Crippen molar-refractivity contribution in [3.8, 4) is 0 Å². The first kappa shape index (κ1) is 77.4. The van der Waals surface area contributed by atoms with Crippen molar-refractivity contribution in [2.45, 2.75) is 236 Å². The van der Waals surface area contributed by atoms with Crippen LogP contribution in [0.4, 0.5) is 0 Å². The first-order valence-corrected chi connectivity index (χ1v) is 31.0. The van der Waals surface area contributed by atoms with Crippen LogP contribution in [0.25, 0.3) is 0 Å². The molecule has 1 aliphatic rings. The molecule has 0 saturated carbocycles. The SMILES string of the molecule is CC=CC[C@@H](C)[C@@H](O)[C@H]1C(C)N[C@@H](CC)C(=O)N(C)CC(=O)N(C)[C@@H](CC(C)C)C(=O)N[C@@H](C(C)C)C(=O)N(C)[C@@H](CC(C)C)C(=O)N[C@@H](C)C(=O)N[C@H](C)C(=O)N(C)[C@@H](CC(C)C)C(=O)N(C)[C@@H](CC(C)C)C(=O)N(C)[C@@H](C(C)C)C(=O)N1C. The zero-order valence-corrected chi connectivity index (χ0v) is 56.7. The number of hydrogen-bond donors (Lipinski definition) is 5. The summed E-state index contributed by atoms with van der Waals surface area (Å²) in [5, 5.41) is 24.0. The molecule has 1 aliphatic heterocycles. The molecule has 488 valence electrons. The molecule has 0 radical (unpaired) electrons. The Morgan fingerprint density at radius 1 is 0.494 bits per heavy atom.